The molecule has 1 saturated heterocycles. The second kappa shape index (κ2) is 7.20. The Morgan fingerprint density at radius 2 is 2.19 bits per heavy atom. The molecule has 0 bridgehead atoms. The largest absolute Gasteiger partial charge is 0.494 e. The highest BCUT2D eigenvalue weighted by Gasteiger charge is 2.24. The van der Waals surface area contributed by atoms with Crippen LogP contribution in [-0.4, -0.2) is 56.2 Å². The first kappa shape index (κ1) is 16.2. The number of likely N-dealkylation sites (N-methyl/N-ethyl adjacent to an activating group) is 1. The summed E-state index contributed by atoms with van der Waals surface area (Å²) in [5.41, 5.74) is 7.06. The van der Waals surface area contributed by atoms with Gasteiger partial charge in [-0.15, -0.1) is 0 Å². The lowest BCUT2D eigenvalue weighted by atomic mass is 10.0. The van der Waals surface area contributed by atoms with Crippen LogP contribution in [-0.2, 0) is 0 Å². The summed E-state index contributed by atoms with van der Waals surface area (Å²) in [6.45, 7) is 6.07. The summed E-state index contributed by atoms with van der Waals surface area (Å²) < 4.78 is 18.7. The van der Waals surface area contributed by atoms with Crippen molar-refractivity contribution >= 4 is 0 Å². The summed E-state index contributed by atoms with van der Waals surface area (Å²) in [7, 11) is 3.64. The topological polar surface area (TPSA) is 41.7 Å². The molecule has 1 aromatic carbocycles. The molecule has 0 saturated carbocycles. The third-order valence-electron chi connectivity index (χ3n) is 4.39. The van der Waals surface area contributed by atoms with Gasteiger partial charge in [0, 0.05) is 38.3 Å². The first-order valence-corrected chi connectivity index (χ1v) is 7.56. The highest BCUT2D eigenvalue weighted by atomic mass is 19.1. The van der Waals surface area contributed by atoms with Crippen LogP contribution in [0.5, 0.6) is 5.75 Å². The highest BCUT2D eigenvalue weighted by Crippen LogP contribution is 2.22. The van der Waals surface area contributed by atoms with Crippen LogP contribution in [0.15, 0.2) is 18.2 Å². The molecule has 0 aliphatic carbocycles. The van der Waals surface area contributed by atoms with E-state index in [-0.39, 0.29) is 17.6 Å². The van der Waals surface area contributed by atoms with Crippen LogP contribution in [0.2, 0.25) is 0 Å². The maximum absolute atomic E-state index is 13.8. The lowest BCUT2D eigenvalue weighted by Crippen LogP contribution is -2.52. The molecule has 1 heterocycles. The zero-order chi connectivity index (χ0) is 15.4. The summed E-state index contributed by atoms with van der Waals surface area (Å²) in [6, 6.07) is 5.38. The summed E-state index contributed by atoms with van der Waals surface area (Å²) in [5.74, 6) is -0.0909. The predicted octanol–water partition coefficient (Wildman–Crippen LogP) is 1.86. The average molecular weight is 295 g/mol. The van der Waals surface area contributed by atoms with Crippen LogP contribution in [0.3, 0.4) is 0 Å². The van der Waals surface area contributed by atoms with E-state index in [1.165, 1.54) is 13.2 Å². The number of rotatable bonds is 5. The molecule has 0 aromatic heterocycles. The fourth-order valence-corrected chi connectivity index (χ4v) is 2.91. The quantitative estimate of drug-likeness (QED) is 0.900. The zero-order valence-corrected chi connectivity index (χ0v) is 13.2. The van der Waals surface area contributed by atoms with Gasteiger partial charge in [-0.25, -0.2) is 4.39 Å². The Bertz CT molecular complexity index is 469. The second-order valence-electron chi connectivity index (χ2n) is 5.80. The first-order chi connectivity index (χ1) is 10.0. The molecule has 1 fully saturated rings. The van der Waals surface area contributed by atoms with Gasteiger partial charge < -0.3 is 15.4 Å². The molecule has 4 nitrogen and oxygen atoms in total. The van der Waals surface area contributed by atoms with Gasteiger partial charge in [-0.05, 0) is 31.2 Å². The van der Waals surface area contributed by atoms with Crippen LogP contribution in [0.1, 0.15) is 24.9 Å². The monoisotopic (exact) mass is 295 g/mol. The molecule has 1 aliphatic heterocycles. The van der Waals surface area contributed by atoms with E-state index in [1.807, 2.05) is 6.07 Å². The van der Waals surface area contributed by atoms with Gasteiger partial charge in [-0.1, -0.05) is 13.0 Å². The van der Waals surface area contributed by atoms with Crippen molar-refractivity contribution in [3.63, 3.8) is 0 Å². The summed E-state index contributed by atoms with van der Waals surface area (Å²) in [6.07, 6.45) is 1.14. The SMILES string of the molecule is CCC1CN(CC(N)c2ccc(OC)c(F)c2)CCN1C. The molecule has 0 spiro atoms. The van der Waals surface area contributed by atoms with Crippen molar-refractivity contribution in [2.75, 3.05) is 40.3 Å². The number of nitrogens with zero attached hydrogens (tertiary/aromatic N) is 2. The van der Waals surface area contributed by atoms with Gasteiger partial charge >= 0.3 is 0 Å². The maximum Gasteiger partial charge on any atom is 0.165 e. The molecular formula is C16H26FN3O. The van der Waals surface area contributed by atoms with E-state index in [0.717, 1.165) is 38.2 Å². The second-order valence-corrected chi connectivity index (χ2v) is 5.80. The Labute approximate surface area is 126 Å². The Morgan fingerprint density at radius 3 is 2.81 bits per heavy atom. The van der Waals surface area contributed by atoms with Gasteiger partial charge in [0.2, 0.25) is 0 Å². The number of hydrogen-bond acceptors (Lipinski definition) is 4. The lowest BCUT2D eigenvalue weighted by molar-refractivity contribution is 0.0890. The van der Waals surface area contributed by atoms with Crippen LogP contribution in [0.25, 0.3) is 0 Å². The van der Waals surface area contributed by atoms with E-state index in [2.05, 4.69) is 23.8 Å². The van der Waals surface area contributed by atoms with E-state index in [9.17, 15) is 4.39 Å². The van der Waals surface area contributed by atoms with E-state index in [0.29, 0.717) is 6.04 Å². The number of nitrogens with two attached hydrogens (primary N) is 1. The molecule has 2 unspecified atom stereocenters. The molecule has 2 atom stereocenters. The van der Waals surface area contributed by atoms with Crippen LogP contribution < -0.4 is 10.5 Å². The minimum atomic E-state index is -0.352. The summed E-state index contributed by atoms with van der Waals surface area (Å²) >= 11 is 0. The molecule has 0 amide bonds. The normalized spacial score (nSPS) is 22.2. The summed E-state index contributed by atoms with van der Waals surface area (Å²) in [5, 5.41) is 0. The minimum absolute atomic E-state index is 0.175. The Morgan fingerprint density at radius 1 is 1.43 bits per heavy atom. The van der Waals surface area contributed by atoms with Crippen LogP contribution >= 0.6 is 0 Å². The lowest BCUT2D eigenvalue weighted by Gasteiger charge is -2.40. The molecule has 0 radical (unpaired) electrons. The van der Waals surface area contributed by atoms with Crippen molar-refractivity contribution in [3.8, 4) is 5.75 Å². The Kier molecular flexibility index (Phi) is 5.56. The van der Waals surface area contributed by atoms with Crippen molar-refractivity contribution in [2.45, 2.75) is 25.4 Å². The van der Waals surface area contributed by atoms with E-state index in [1.54, 1.807) is 6.07 Å². The maximum atomic E-state index is 13.8. The van der Waals surface area contributed by atoms with Crippen molar-refractivity contribution < 1.29 is 9.13 Å². The highest BCUT2D eigenvalue weighted by molar-refractivity contribution is 5.31. The molecule has 2 rings (SSSR count). The smallest absolute Gasteiger partial charge is 0.165 e. The van der Waals surface area contributed by atoms with Gasteiger partial charge in [-0.3, -0.25) is 4.90 Å². The number of piperazine rings is 1. The Balaban J connectivity index is 1.98. The average Bonchev–Trinajstić information content (AvgIpc) is 2.49. The van der Waals surface area contributed by atoms with Gasteiger partial charge in [-0.2, -0.15) is 0 Å². The molecular weight excluding hydrogens is 269 g/mol. The van der Waals surface area contributed by atoms with Gasteiger partial charge in [0.1, 0.15) is 0 Å². The van der Waals surface area contributed by atoms with Gasteiger partial charge in [0.25, 0.3) is 0 Å². The standard InChI is InChI=1S/C16H26FN3O/c1-4-13-10-20(8-7-19(13)2)11-15(18)12-5-6-16(21-3)14(17)9-12/h5-6,9,13,15H,4,7-8,10-11,18H2,1-3H3. The number of benzene rings is 1. The zero-order valence-electron chi connectivity index (χ0n) is 13.2. The first-order valence-electron chi connectivity index (χ1n) is 7.56. The number of halogens is 1. The fourth-order valence-electron chi connectivity index (χ4n) is 2.91. The van der Waals surface area contributed by atoms with Crippen LogP contribution in [0, 0.1) is 5.82 Å². The predicted molar refractivity (Wildman–Crippen MR) is 83.0 cm³/mol. The number of ether oxygens (including phenoxy) is 1. The molecule has 21 heavy (non-hydrogen) atoms. The third kappa shape index (κ3) is 3.93. The van der Waals surface area contributed by atoms with Crippen molar-refractivity contribution in [1.29, 1.82) is 0 Å². The van der Waals surface area contributed by atoms with Crippen LogP contribution in [0.4, 0.5) is 4.39 Å². The van der Waals surface area contributed by atoms with Crippen molar-refractivity contribution in [1.82, 2.24) is 9.80 Å². The van der Waals surface area contributed by atoms with Crippen molar-refractivity contribution in [3.05, 3.63) is 29.6 Å². The third-order valence-corrected chi connectivity index (χ3v) is 4.39. The van der Waals surface area contributed by atoms with Gasteiger partial charge in [0.05, 0.1) is 7.11 Å². The molecule has 118 valence electrons. The molecule has 1 aliphatic rings. The van der Waals surface area contributed by atoms with Crippen molar-refractivity contribution in [2.24, 2.45) is 5.73 Å². The number of methoxy groups -OCH3 is 1. The minimum Gasteiger partial charge on any atom is -0.494 e. The van der Waals surface area contributed by atoms with E-state index < -0.39 is 0 Å². The van der Waals surface area contributed by atoms with E-state index >= 15 is 0 Å². The number of hydrogen-bond donors (Lipinski definition) is 1. The Hall–Kier alpha value is -1.17. The van der Waals surface area contributed by atoms with Gasteiger partial charge in [0.15, 0.2) is 11.6 Å². The molecule has 1 aromatic rings. The fraction of sp³-hybridized carbons (Fsp3) is 0.625. The van der Waals surface area contributed by atoms with E-state index in [4.69, 9.17) is 10.5 Å². The summed E-state index contributed by atoms with van der Waals surface area (Å²) in [4.78, 5) is 4.77. The molecule has 2 N–H and O–H groups in total. The molecule has 5 heteroatoms.